The van der Waals surface area contributed by atoms with E-state index in [1.807, 2.05) is 6.92 Å². The van der Waals surface area contributed by atoms with E-state index in [1.165, 1.54) is 19.2 Å². The van der Waals surface area contributed by atoms with Crippen LogP contribution in [0.15, 0.2) is 18.2 Å². The van der Waals surface area contributed by atoms with Crippen molar-refractivity contribution >= 4 is 11.4 Å². The van der Waals surface area contributed by atoms with Crippen LogP contribution in [0, 0.1) is 10.1 Å². The maximum Gasteiger partial charge on any atom is 0.273 e. The van der Waals surface area contributed by atoms with E-state index in [0.717, 1.165) is 0 Å². The molecule has 1 unspecified atom stereocenters. The molecule has 88 valence electrons. The predicted molar refractivity (Wildman–Crippen MR) is 61.8 cm³/mol. The second-order valence-corrected chi connectivity index (χ2v) is 3.50. The molecule has 1 rings (SSSR count). The zero-order valence-corrected chi connectivity index (χ0v) is 9.27. The third kappa shape index (κ3) is 3.09. The van der Waals surface area contributed by atoms with Crippen molar-refractivity contribution < 1.29 is 9.66 Å². The summed E-state index contributed by atoms with van der Waals surface area (Å²) in [7, 11) is 1.47. The first-order valence-electron chi connectivity index (χ1n) is 4.86. The Kier molecular flexibility index (Phi) is 4.07. The fraction of sp³-hybridized carbons (Fsp3) is 0.400. The van der Waals surface area contributed by atoms with Gasteiger partial charge in [0.25, 0.3) is 5.69 Å². The Labute approximate surface area is 93.5 Å². The summed E-state index contributed by atoms with van der Waals surface area (Å²) in [6, 6.07) is 4.41. The van der Waals surface area contributed by atoms with Crippen molar-refractivity contribution in [1.29, 1.82) is 0 Å². The molecule has 0 heterocycles. The largest absolute Gasteiger partial charge is 0.494 e. The Morgan fingerprint density at radius 3 is 2.81 bits per heavy atom. The first kappa shape index (κ1) is 12.3. The minimum atomic E-state index is -0.460. The van der Waals surface area contributed by atoms with Gasteiger partial charge in [-0.05, 0) is 13.0 Å². The summed E-state index contributed by atoms with van der Waals surface area (Å²) >= 11 is 0. The first-order chi connectivity index (χ1) is 7.54. The first-order valence-corrected chi connectivity index (χ1v) is 4.86. The van der Waals surface area contributed by atoms with Crippen LogP contribution in [0.25, 0.3) is 0 Å². The van der Waals surface area contributed by atoms with Gasteiger partial charge in [0, 0.05) is 18.7 Å². The van der Waals surface area contributed by atoms with Crippen LogP contribution in [-0.2, 0) is 0 Å². The van der Waals surface area contributed by atoms with E-state index in [1.54, 1.807) is 6.07 Å². The third-order valence-corrected chi connectivity index (χ3v) is 2.01. The highest BCUT2D eigenvalue weighted by atomic mass is 16.6. The number of nitrogens with zero attached hydrogens (tertiary/aromatic N) is 1. The number of hydrogen-bond donors (Lipinski definition) is 2. The fourth-order valence-corrected chi connectivity index (χ4v) is 1.21. The predicted octanol–water partition coefficient (Wildman–Crippen LogP) is 1.36. The molecule has 0 aliphatic carbocycles. The van der Waals surface area contributed by atoms with Crippen molar-refractivity contribution in [2.45, 2.75) is 13.0 Å². The molecule has 1 aromatic carbocycles. The molecule has 0 amide bonds. The monoisotopic (exact) mass is 225 g/mol. The average molecular weight is 225 g/mol. The molecule has 0 spiro atoms. The van der Waals surface area contributed by atoms with E-state index in [-0.39, 0.29) is 11.7 Å². The molecule has 0 saturated heterocycles. The van der Waals surface area contributed by atoms with Gasteiger partial charge >= 0.3 is 0 Å². The number of hydrogen-bond acceptors (Lipinski definition) is 5. The molecule has 0 bridgehead atoms. The highest BCUT2D eigenvalue weighted by molar-refractivity contribution is 5.60. The number of rotatable bonds is 5. The van der Waals surface area contributed by atoms with Gasteiger partial charge in [0.2, 0.25) is 0 Å². The van der Waals surface area contributed by atoms with Crippen molar-refractivity contribution in [1.82, 2.24) is 0 Å². The number of nitro groups is 1. The molecule has 6 nitrogen and oxygen atoms in total. The van der Waals surface area contributed by atoms with Crippen LogP contribution in [-0.4, -0.2) is 24.6 Å². The maximum atomic E-state index is 10.6. The second-order valence-electron chi connectivity index (χ2n) is 3.50. The Morgan fingerprint density at radius 2 is 2.31 bits per heavy atom. The lowest BCUT2D eigenvalue weighted by Crippen LogP contribution is -2.25. The zero-order valence-electron chi connectivity index (χ0n) is 9.27. The molecular weight excluding hydrogens is 210 g/mol. The van der Waals surface area contributed by atoms with Crippen molar-refractivity contribution in [3.05, 3.63) is 28.3 Å². The SMILES string of the molecule is COc1cc([N+](=O)[O-])ccc1NCC(C)N. The fourth-order valence-electron chi connectivity index (χ4n) is 1.21. The summed E-state index contributed by atoms with van der Waals surface area (Å²) in [4.78, 5) is 10.1. The number of anilines is 1. The molecule has 3 N–H and O–H groups in total. The number of benzene rings is 1. The topological polar surface area (TPSA) is 90.4 Å². The van der Waals surface area contributed by atoms with Crippen molar-refractivity contribution in [2.24, 2.45) is 5.73 Å². The van der Waals surface area contributed by atoms with Crippen molar-refractivity contribution in [3.63, 3.8) is 0 Å². The van der Waals surface area contributed by atoms with E-state index in [4.69, 9.17) is 10.5 Å². The van der Waals surface area contributed by atoms with Gasteiger partial charge in [-0.3, -0.25) is 10.1 Å². The number of nitrogens with two attached hydrogens (primary N) is 1. The van der Waals surface area contributed by atoms with Crippen LogP contribution >= 0.6 is 0 Å². The molecule has 0 aromatic heterocycles. The third-order valence-electron chi connectivity index (χ3n) is 2.01. The zero-order chi connectivity index (χ0) is 12.1. The van der Waals surface area contributed by atoms with Crippen LogP contribution in [0.4, 0.5) is 11.4 Å². The minimum Gasteiger partial charge on any atom is -0.494 e. The molecule has 0 radical (unpaired) electrons. The average Bonchev–Trinajstić information content (AvgIpc) is 2.25. The molecule has 16 heavy (non-hydrogen) atoms. The van der Waals surface area contributed by atoms with Gasteiger partial charge in [0.1, 0.15) is 5.75 Å². The Morgan fingerprint density at radius 1 is 1.62 bits per heavy atom. The number of methoxy groups -OCH3 is 1. The molecule has 6 heteroatoms. The maximum absolute atomic E-state index is 10.6. The highest BCUT2D eigenvalue weighted by Crippen LogP contribution is 2.28. The quantitative estimate of drug-likeness (QED) is 0.583. The summed E-state index contributed by atoms with van der Waals surface area (Å²) in [5, 5.41) is 13.6. The van der Waals surface area contributed by atoms with E-state index in [9.17, 15) is 10.1 Å². The van der Waals surface area contributed by atoms with Gasteiger partial charge in [-0.25, -0.2) is 0 Å². The van der Waals surface area contributed by atoms with Crippen molar-refractivity contribution in [3.8, 4) is 5.75 Å². The number of ether oxygens (including phenoxy) is 1. The van der Waals surface area contributed by atoms with Crippen LogP contribution in [0.5, 0.6) is 5.75 Å². The summed E-state index contributed by atoms with van der Waals surface area (Å²) in [5.74, 6) is 0.440. The molecule has 0 aliphatic heterocycles. The van der Waals surface area contributed by atoms with Crippen LogP contribution < -0.4 is 15.8 Å². The Bertz CT molecular complexity index is 380. The summed E-state index contributed by atoms with van der Waals surface area (Å²) in [5.41, 5.74) is 6.30. The van der Waals surface area contributed by atoms with Crippen molar-refractivity contribution in [2.75, 3.05) is 19.0 Å². The van der Waals surface area contributed by atoms with Gasteiger partial charge in [0.05, 0.1) is 23.8 Å². The summed E-state index contributed by atoms with van der Waals surface area (Å²) < 4.78 is 5.06. The number of nitro benzene ring substituents is 1. The molecule has 0 saturated carbocycles. The summed E-state index contributed by atoms with van der Waals surface area (Å²) in [6.45, 7) is 2.44. The standard InChI is InChI=1S/C10H15N3O3/c1-7(11)6-12-9-4-3-8(13(14)15)5-10(9)16-2/h3-5,7,12H,6,11H2,1-2H3. The Hall–Kier alpha value is -1.82. The van der Waals surface area contributed by atoms with Gasteiger partial charge < -0.3 is 15.8 Å². The number of nitrogens with one attached hydrogen (secondary N) is 1. The van der Waals surface area contributed by atoms with E-state index >= 15 is 0 Å². The van der Waals surface area contributed by atoms with Crippen LogP contribution in [0.1, 0.15) is 6.92 Å². The smallest absolute Gasteiger partial charge is 0.273 e. The van der Waals surface area contributed by atoms with Gasteiger partial charge in [0.15, 0.2) is 0 Å². The van der Waals surface area contributed by atoms with Crippen LogP contribution in [0.2, 0.25) is 0 Å². The Balaban J connectivity index is 2.89. The lowest BCUT2D eigenvalue weighted by molar-refractivity contribution is -0.384. The minimum absolute atomic E-state index is 0.0000944. The molecular formula is C10H15N3O3. The molecule has 0 fully saturated rings. The summed E-state index contributed by atoms with van der Waals surface area (Å²) in [6.07, 6.45) is 0. The van der Waals surface area contributed by atoms with E-state index < -0.39 is 4.92 Å². The van der Waals surface area contributed by atoms with E-state index in [0.29, 0.717) is 18.0 Å². The van der Waals surface area contributed by atoms with Gasteiger partial charge in [-0.2, -0.15) is 0 Å². The molecule has 1 atom stereocenters. The van der Waals surface area contributed by atoms with Gasteiger partial charge in [-0.15, -0.1) is 0 Å². The lowest BCUT2D eigenvalue weighted by Gasteiger charge is -2.12. The highest BCUT2D eigenvalue weighted by Gasteiger charge is 2.11. The van der Waals surface area contributed by atoms with E-state index in [2.05, 4.69) is 5.32 Å². The second kappa shape index (κ2) is 5.32. The van der Waals surface area contributed by atoms with Crippen LogP contribution in [0.3, 0.4) is 0 Å². The van der Waals surface area contributed by atoms with Gasteiger partial charge in [-0.1, -0.05) is 0 Å². The molecule has 1 aromatic rings. The lowest BCUT2D eigenvalue weighted by atomic mass is 10.2. The normalized spacial score (nSPS) is 11.9. The number of non-ortho nitro benzene ring substituents is 1. The molecule has 0 aliphatic rings.